The first-order valence-corrected chi connectivity index (χ1v) is 10.7. The van der Waals surface area contributed by atoms with Crippen LogP contribution in [-0.2, 0) is 25.5 Å². The van der Waals surface area contributed by atoms with Gasteiger partial charge in [0.2, 0.25) is 11.8 Å². The molecule has 0 aliphatic carbocycles. The Labute approximate surface area is 177 Å². The quantitative estimate of drug-likeness (QED) is 0.493. The molecule has 0 unspecified atom stereocenters. The van der Waals surface area contributed by atoms with Gasteiger partial charge in [0.25, 0.3) is 0 Å². The second-order valence-electron chi connectivity index (χ2n) is 7.78. The van der Waals surface area contributed by atoms with E-state index in [0.717, 1.165) is 25.1 Å². The first-order chi connectivity index (χ1) is 14.6. The molecule has 2 aliphatic rings. The largest absolute Gasteiger partial charge is 0.394 e. The van der Waals surface area contributed by atoms with Crippen LogP contribution in [0.5, 0.6) is 0 Å². The zero-order valence-corrected chi connectivity index (χ0v) is 17.3. The lowest BCUT2D eigenvalue weighted by molar-refractivity contribution is -0.136. The molecule has 2 aliphatic heterocycles. The Bertz CT molecular complexity index is 669. The van der Waals surface area contributed by atoms with E-state index >= 15 is 0 Å². The number of rotatable bonds is 9. The van der Waals surface area contributed by atoms with E-state index in [1.165, 1.54) is 0 Å². The van der Waals surface area contributed by atoms with Gasteiger partial charge < -0.3 is 25.2 Å². The summed E-state index contributed by atoms with van der Waals surface area (Å²) in [6, 6.07) is 3.61. The summed E-state index contributed by atoms with van der Waals surface area (Å²) in [7, 11) is 0. The number of ether oxygens (including phenoxy) is 2. The number of carbonyl (C=O) groups is 2. The third-order valence-corrected chi connectivity index (χ3v) is 5.51. The Morgan fingerprint density at radius 1 is 1.17 bits per heavy atom. The summed E-state index contributed by atoms with van der Waals surface area (Å²) >= 11 is 0. The number of nitrogens with zero attached hydrogens (tertiary/aromatic N) is 2. The predicted molar refractivity (Wildman–Crippen MR) is 110 cm³/mol. The van der Waals surface area contributed by atoms with E-state index in [-0.39, 0.29) is 37.0 Å². The number of morpholine rings is 1. The summed E-state index contributed by atoms with van der Waals surface area (Å²) in [6.07, 6.45) is 5.05. The van der Waals surface area contributed by atoms with E-state index in [0.29, 0.717) is 39.1 Å². The number of carbonyl (C=O) groups excluding carboxylic acids is 2. The van der Waals surface area contributed by atoms with Crippen LogP contribution in [0, 0.1) is 0 Å². The summed E-state index contributed by atoms with van der Waals surface area (Å²) in [5.41, 5.74) is 1.12. The fourth-order valence-corrected chi connectivity index (χ4v) is 3.84. The molecule has 1 aromatic heterocycles. The number of aromatic nitrogens is 1. The van der Waals surface area contributed by atoms with Gasteiger partial charge in [-0.1, -0.05) is 0 Å². The second kappa shape index (κ2) is 11.9. The van der Waals surface area contributed by atoms with Crippen molar-refractivity contribution in [3.05, 3.63) is 30.1 Å². The van der Waals surface area contributed by atoms with Gasteiger partial charge in [-0.25, -0.2) is 0 Å². The minimum atomic E-state index is -0.498. The Morgan fingerprint density at radius 2 is 1.93 bits per heavy atom. The van der Waals surface area contributed by atoms with Gasteiger partial charge in [-0.15, -0.1) is 0 Å². The average molecular weight is 421 g/mol. The Hall–Kier alpha value is -2.07. The predicted octanol–water partition coefficient (Wildman–Crippen LogP) is -0.513. The Balaban J connectivity index is 1.36. The van der Waals surface area contributed by atoms with Crippen LogP contribution in [0.25, 0.3) is 0 Å². The van der Waals surface area contributed by atoms with Crippen molar-refractivity contribution in [2.45, 2.75) is 43.9 Å². The first kappa shape index (κ1) is 22.6. The highest BCUT2D eigenvalue weighted by molar-refractivity contribution is 5.78. The highest BCUT2D eigenvalue weighted by Crippen LogP contribution is 2.22. The Morgan fingerprint density at radius 3 is 2.67 bits per heavy atom. The summed E-state index contributed by atoms with van der Waals surface area (Å²) in [5, 5.41) is 15.6. The van der Waals surface area contributed by atoms with Gasteiger partial charge in [0.05, 0.1) is 44.9 Å². The smallest absolute Gasteiger partial charge is 0.234 e. The SMILES string of the molecule is O=C(C[C@H]1CC[C@@H](NC(=O)CN2CCOCC2)[C@H](CO)O1)NCCc1ccncc1. The van der Waals surface area contributed by atoms with Crippen molar-refractivity contribution in [1.82, 2.24) is 20.5 Å². The van der Waals surface area contributed by atoms with E-state index < -0.39 is 6.10 Å². The third kappa shape index (κ3) is 7.32. The van der Waals surface area contributed by atoms with Gasteiger partial charge in [-0.2, -0.15) is 0 Å². The van der Waals surface area contributed by atoms with Crippen LogP contribution < -0.4 is 10.6 Å². The van der Waals surface area contributed by atoms with Gasteiger partial charge in [-0.05, 0) is 37.0 Å². The molecule has 2 saturated heterocycles. The minimum absolute atomic E-state index is 0.0689. The van der Waals surface area contributed by atoms with Crippen LogP contribution in [0.4, 0.5) is 0 Å². The molecule has 2 fully saturated rings. The molecule has 3 N–H and O–H groups in total. The van der Waals surface area contributed by atoms with E-state index in [9.17, 15) is 14.7 Å². The molecule has 9 nitrogen and oxygen atoms in total. The van der Waals surface area contributed by atoms with Crippen LogP contribution >= 0.6 is 0 Å². The maximum atomic E-state index is 12.3. The van der Waals surface area contributed by atoms with Crippen molar-refractivity contribution < 1.29 is 24.2 Å². The lowest BCUT2D eigenvalue weighted by atomic mass is 9.97. The molecule has 3 heterocycles. The first-order valence-electron chi connectivity index (χ1n) is 10.7. The number of hydrogen-bond acceptors (Lipinski definition) is 7. The summed E-state index contributed by atoms with van der Waals surface area (Å²) in [6.45, 7) is 3.46. The molecule has 0 aromatic carbocycles. The number of nitrogens with one attached hydrogen (secondary N) is 2. The summed E-state index contributed by atoms with van der Waals surface area (Å²) in [4.78, 5) is 30.6. The normalized spacial score (nSPS) is 24.9. The fourth-order valence-electron chi connectivity index (χ4n) is 3.84. The average Bonchev–Trinajstić information content (AvgIpc) is 2.76. The maximum absolute atomic E-state index is 12.3. The minimum Gasteiger partial charge on any atom is -0.394 e. The highest BCUT2D eigenvalue weighted by Gasteiger charge is 2.33. The monoisotopic (exact) mass is 420 g/mol. The number of aliphatic hydroxyl groups is 1. The van der Waals surface area contributed by atoms with Gasteiger partial charge in [0.15, 0.2) is 0 Å². The van der Waals surface area contributed by atoms with Crippen LogP contribution in [-0.4, -0.2) is 91.1 Å². The fraction of sp³-hybridized carbons (Fsp3) is 0.667. The van der Waals surface area contributed by atoms with Crippen molar-refractivity contribution >= 4 is 11.8 Å². The number of amides is 2. The standard InChI is InChI=1S/C21H32N4O5/c26-15-19-18(24-21(28)14-25-9-11-29-12-10-25)2-1-17(30-19)13-20(27)23-8-5-16-3-6-22-7-4-16/h3-4,6-7,17-19,26H,1-2,5,8-15H2,(H,23,27)(H,24,28)/t17-,18-,19+/m1/s1. The molecule has 0 spiro atoms. The third-order valence-electron chi connectivity index (χ3n) is 5.51. The molecular weight excluding hydrogens is 388 g/mol. The lowest BCUT2D eigenvalue weighted by Crippen LogP contribution is -2.53. The van der Waals surface area contributed by atoms with E-state index in [1.54, 1.807) is 12.4 Å². The van der Waals surface area contributed by atoms with Crippen LogP contribution in [0.1, 0.15) is 24.8 Å². The van der Waals surface area contributed by atoms with Crippen LogP contribution in [0.2, 0.25) is 0 Å². The number of hydrogen-bond donors (Lipinski definition) is 3. The molecule has 30 heavy (non-hydrogen) atoms. The van der Waals surface area contributed by atoms with Gasteiger partial charge in [0.1, 0.15) is 6.10 Å². The molecule has 0 bridgehead atoms. The van der Waals surface area contributed by atoms with Crippen molar-refractivity contribution in [3.63, 3.8) is 0 Å². The van der Waals surface area contributed by atoms with Crippen molar-refractivity contribution in [2.75, 3.05) is 46.0 Å². The zero-order chi connectivity index (χ0) is 21.2. The van der Waals surface area contributed by atoms with E-state index in [4.69, 9.17) is 9.47 Å². The molecule has 2 amide bonds. The van der Waals surface area contributed by atoms with Gasteiger partial charge >= 0.3 is 0 Å². The Kier molecular flexibility index (Phi) is 9.00. The second-order valence-corrected chi connectivity index (χ2v) is 7.78. The summed E-state index contributed by atoms with van der Waals surface area (Å²) < 4.78 is 11.2. The van der Waals surface area contributed by atoms with Crippen molar-refractivity contribution in [1.29, 1.82) is 0 Å². The van der Waals surface area contributed by atoms with Crippen molar-refractivity contribution in [3.8, 4) is 0 Å². The van der Waals surface area contributed by atoms with E-state index in [2.05, 4.69) is 20.5 Å². The van der Waals surface area contributed by atoms with Crippen LogP contribution in [0.15, 0.2) is 24.5 Å². The molecule has 0 radical (unpaired) electrons. The number of pyridine rings is 1. The molecule has 3 rings (SSSR count). The van der Waals surface area contributed by atoms with Crippen molar-refractivity contribution in [2.24, 2.45) is 0 Å². The van der Waals surface area contributed by atoms with Crippen LogP contribution in [0.3, 0.4) is 0 Å². The molecule has 1 aromatic rings. The van der Waals surface area contributed by atoms with Gasteiger partial charge in [-0.3, -0.25) is 19.5 Å². The summed E-state index contributed by atoms with van der Waals surface area (Å²) in [5.74, 6) is -0.142. The number of aliphatic hydroxyl groups excluding tert-OH is 1. The highest BCUT2D eigenvalue weighted by atomic mass is 16.5. The molecule has 166 valence electrons. The molecule has 3 atom stereocenters. The molecule has 0 saturated carbocycles. The zero-order valence-electron chi connectivity index (χ0n) is 17.3. The maximum Gasteiger partial charge on any atom is 0.234 e. The lowest BCUT2D eigenvalue weighted by Gasteiger charge is -2.36. The topological polar surface area (TPSA) is 113 Å². The van der Waals surface area contributed by atoms with E-state index in [1.807, 2.05) is 12.1 Å². The van der Waals surface area contributed by atoms with Gasteiger partial charge in [0, 0.05) is 32.0 Å². The molecule has 9 heteroatoms. The molecular formula is C21H32N4O5.